The summed E-state index contributed by atoms with van der Waals surface area (Å²) in [6.45, 7) is 2.38. The van der Waals surface area contributed by atoms with Crippen molar-refractivity contribution < 1.29 is 18.6 Å². The lowest BCUT2D eigenvalue weighted by atomic mass is 10.2. The van der Waals surface area contributed by atoms with Crippen LogP contribution in [0.3, 0.4) is 0 Å². The molecule has 2 N–H and O–H groups in total. The Balaban J connectivity index is 3.44. The van der Waals surface area contributed by atoms with E-state index >= 15 is 0 Å². The fourth-order valence-electron chi connectivity index (χ4n) is 0.988. The Morgan fingerprint density at radius 2 is 2.08 bits per heavy atom. The van der Waals surface area contributed by atoms with Crippen molar-refractivity contribution in [2.75, 3.05) is 26.4 Å². The van der Waals surface area contributed by atoms with Crippen LogP contribution >= 0.6 is 0 Å². The summed E-state index contributed by atoms with van der Waals surface area (Å²) in [5, 5.41) is 11.7. The van der Waals surface area contributed by atoms with E-state index < -0.39 is 13.0 Å². The van der Waals surface area contributed by atoms with Gasteiger partial charge in [-0.05, 0) is 13.0 Å². The van der Waals surface area contributed by atoms with Gasteiger partial charge in [0.1, 0.15) is 6.61 Å². The maximum Gasteiger partial charge on any atom is 0.261 e. The van der Waals surface area contributed by atoms with Crippen molar-refractivity contribution in [1.82, 2.24) is 5.32 Å². The van der Waals surface area contributed by atoms with Gasteiger partial charge in [-0.3, -0.25) is 0 Å². The lowest BCUT2D eigenvalue weighted by molar-refractivity contribution is 0.00745. The summed E-state index contributed by atoms with van der Waals surface area (Å²) in [5.74, 6) is 0. The lowest BCUT2D eigenvalue weighted by Gasteiger charge is -2.16. The average molecular weight is 197 g/mol. The summed E-state index contributed by atoms with van der Waals surface area (Å²) in [6, 6.07) is -0.0336. The molecule has 0 heterocycles. The Hall–Kier alpha value is -0.260. The molecule has 0 aliphatic heterocycles. The van der Waals surface area contributed by atoms with Crippen LogP contribution in [0.25, 0.3) is 0 Å². The van der Waals surface area contributed by atoms with E-state index in [1.54, 1.807) is 0 Å². The van der Waals surface area contributed by atoms with Gasteiger partial charge < -0.3 is 15.2 Å². The second kappa shape index (κ2) is 8.34. The predicted molar refractivity (Wildman–Crippen MR) is 46.0 cm³/mol. The summed E-state index contributed by atoms with van der Waals surface area (Å²) in [5.41, 5.74) is 0. The van der Waals surface area contributed by atoms with E-state index in [0.717, 1.165) is 6.54 Å². The van der Waals surface area contributed by atoms with Gasteiger partial charge in [0.2, 0.25) is 0 Å². The van der Waals surface area contributed by atoms with Gasteiger partial charge in [0.15, 0.2) is 0 Å². The van der Waals surface area contributed by atoms with Gasteiger partial charge >= 0.3 is 0 Å². The number of nitrogens with one attached hydrogen (secondary N) is 1. The Morgan fingerprint density at radius 1 is 1.38 bits per heavy atom. The van der Waals surface area contributed by atoms with Crippen LogP contribution in [0.15, 0.2) is 0 Å². The number of rotatable bonds is 8. The molecule has 0 aliphatic carbocycles. The fraction of sp³-hybridized carbons (Fsp3) is 1.00. The molecule has 13 heavy (non-hydrogen) atoms. The highest BCUT2D eigenvalue weighted by Crippen LogP contribution is 1.96. The number of alkyl halides is 2. The highest BCUT2D eigenvalue weighted by atomic mass is 19.3. The molecular weight excluding hydrogens is 180 g/mol. The third-order valence-electron chi connectivity index (χ3n) is 1.53. The van der Waals surface area contributed by atoms with Gasteiger partial charge in [-0.15, -0.1) is 0 Å². The van der Waals surface area contributed by atoms with Crippen LogP contribution in [0, 0.1) is 0 Å². The molecule has 0 aromatic heterocycles. The van der Waals surface area contributed by atoms with Crippen LogP contribution in [0.5, 0.6) is 0 Å². The van der Waals surface area contributed by atoms with Gasteiger partial charge in [0.25, 0.3) is 6.43 Å². The van der Waals surface area contributed by atoms with Gasteiger partial charge in [-0.1, -0.05) is 6.92 Å². The van der Waals surface area contributed by atoms with Gasteiger partial charge in [-0.25, -0.2) is 8.78 Å². The average Bonchev–Trinajstić information content (AvgIpc) is 2.04. The van der Waals surface area contributed by atoms with Crippen LogP contribution in [0.2, 0.25) is 0 Å². The van der Waals surface area contributed by atoms with E-state index in [9.17, 15) is 8.78 Å². The Kier molecular flexibility index (Phi) is 8.18. The van der Waals surface area contributed by atoms with E-state index in [-0.39, 0.29) is 19.3 Å². The van der Waals surface area contributed by atoms with Crippen molar-refractivity contribution in [1.29, 1.82) is 0 Å². The number of halogens is 2. The third-order valence-corrected chi connectivity index (χ3v) is 1.53. The number of aliphatic hydroxyl groups is 1. The zero-order valence-electron chi connectivity index (χ0n) is 7.80. The molecule has 0 bridgehead atoms. The standard InChI is InChI=1S/C8H17F2NO2/c1-2-11-7(3-4-12)5-13-6-8(9)10/h7-8,11-12H,2-6H2,1H3. The van der Waals surface area contributed by atoms with Gasteiger partial charge in [-0.2, -0.15) is 0 Å². The summed E-state index contributed by atoms with van der Waals surface area (Å²) in [7, 11) is 0. The molecule has 0 rings (SSSR count). The minimum atomic E-state index is -2.42. The second-order valence-electron chi connectivity index (χ2n) is 2.70. The molecule has 0 aromatic rings. The number of hydrogen-bond donors (Lipinski definition) is 2. The summed E-state index contributed by atoms with van der Waals surface area (Å²) >= 11 is 0. The molecule has 0 spiro atoms. The molecule has 1 atom stereocenters. The van der Waals surface area contributed by atoms with Crippen LogP contribution in [-0.2, 0) is 4.74 Å². The summed E-state index contributed by atoms with van der Waals surface area (Å²) in [4.78, 5) is 0. The highest BCUT2D eigenvalue weighted by molar-refractivity contribution is 4.64. The van der Waals surface area contributed by atoms with E-state index in [0.29, 0.717) is 6.42 Å². The molecule has 0 fully saturated rings. The van der Waals surface area contributed by atoms with Crippen molar-refractivity contribution in [3.8, 4) is 0 Å². The number of aliphatic hydroxyl groups excluding tert-OH is 1. The first-order valence-corrected chi connectivity index (χ1v) is 4.40. The van der Waals surface area contributed by atoms with Crippen molar-refractivity contribution in [2.45, 2.75) is 25.8 Å². The van der Waals surface area contributed by atoms with E-state index in [1.807, 2.05) is 6.92 Å². The smallest absolute Gasteiger partial charge is 0.261 e. The molecule has 0 aliphatic rings. The van der Waals surface area contributed by atoms with Crippen molar-refractivity contribution >= 4 is 0 Å². The van der Waals surface area contributed by atoms with Crippen LogP contribution in [0.4, 0.5) is 8.78 Å². The third kappa shape index (κ3) is 8.08. The molecule has 5 heteroatoms. The van der Waals surface area contributed by atoms with Crippen molar-refractivity contribution in [3.63, 3.8) is 0 Å². The topological polar surface area (TPSA) is 41.5 Å². The van der Waals surface area contributed by atoms with Gasteiger partial charge in [0.05, 0.1) is 6.61 Å². The number of ether oxygens (including phenoxy) is 1. The fourth-order valence-corrected chi connectivity index (χ4v) is 0.988. The molecule has 0 radical (unpaired) electrons. The SMILES string of the molecule is CCNC(CCO)COCC(F)F. The van der Waals surface area contributed by atoms with E-state index in [1.165, 1.54) is 0 Å². The first kappa shape index (κ1) is 12.7. The lowest BCUT2D eigenvalue weighted by Crippen LogP contribution is -2.34. The first-order chi connectivity index (χ1) is 6.20. The van der Waals surface area contributed by atoms with E-state index in [2.05, 4.69) is 5.32 Å². The quantitative estimate of drug-likeness (QED) is 0.599. The minimum absolute atomic E-state index is 0.0336. The van der Waals surface area contributed by atoms with Crippen LogP contribution in [-0.4, -0.2) is 43.9 Å². The zero-order chi connectivity index (χ0) is 10.1. The number of likely N-dealkylation sites (N-methyl/N-ethyl adjacent to an activating group) is 1. The van der Waals surface area contributed by atoms with Crippen molar-refractivity contribution in [2.24, 2.45) is 0 Å². The van der Waals surface area contributed by atoms with Gasteiger partial charge in [0, 0.05) is 12.6 Å². The van der Waals surface area contributed by atoms with Crippen LogP contribution in [0.1, 0.15) is 13.3 Å². The molecule has 3 nitrogen and oxygen atoms in total. The second-order valence-corrected chi connectivity index (χ2v) is 2.70. The zero-order valence-corrected chi connectivity index (χ0v) is 7.80. The maximum atomic E-state index is 11.7. The Morgan fingerprint density at radius 3 is 2.54 bits per heavy atom. The molecular formula is C8H17F2NO2. The Labute approximate surface area is 77.1 Å². The highest BCUT2D eigenvalue weighted by Gasteiger charge is 2.08. The Bertz CT molecular complexity index is 108. The largest absolute Gasteiger partial charge is 0.396 e. The minimum Gasteiger partial charge on any atom is -0.396 e. The summed E-state index contributed by atoms with van der Waals surface area (Å²) in [6.07, 6.45) is -1.90. The normalized spacial score (nSPS) is 13.6. The predicted octanol–water partition coefficient (Wildman–Crippen LogP) is 0.629. The van der Waals surface area contributed by atoms with Crippen molar-refractivity contribution in [3.05, 3.63) is 0 Å². The summed E-state index contributed by atoms with van der Waals surface area (Å²) < 4.78 is 28.1. The maximum absolute atomic E-state index is 11.7. The molecule has 0 amide bonds. The van der Waals surface area contributed by atoms with Crippen LogP contribution < -0.4 is 5.32 Å². The molecule has 0 aromatic carbocycles. The monoisotopic (exact) mass is 197 g/mol. The molecule has 80 valence electrons. The first-order valence-electron chi connectivity index (χ1n) is 4.40. The molecule has 1 unspecified atom stereocenters. The number of hydrogen-bond acceptors (Lipinski definition) is 3. The van der Waals surface area contributed by atoms with E-state index in [4.69, 9.17) is 9.84 Å². The molecule has 0 saturated heterocycles. The molecule has 0 saturated carbocycles.